The molecule has 1 atom stereocenters. The minimum Gasteiger partial charge on any atom is -0.388 e. The number of aliphatic hydroxyl groups excluding tert-OH is 1. The zero-order chi connectivity index (χ0) is 15.1. The normalized spacial score (nSPS) is 17.7. The van der Waals surface area contributed by atoms with Gasteiger partial charge in [-0.05, 0) is 36.5 Å². The van der Waals surface area contributed by atoms with Crippen LogP contribution >= 0.6 is 11.8 Å². The van der Waals surface area contributed by atoms with E-state index >= 15 is 0 Å². The molecule has 1 fully saturated rings. The van der Waals surface area contributed by atoms with Crippen LogP contribution in [0.4, 0.5) is 0 Å². The highest BCUT2D eigenvalue weighted by molar-refractivity contribution is 7.99. The number of piperidine rings is 1. The average molecular weight is 307 g/mol. The Morgan fingerprint density at radius 3 is 2.62 bits per heavy atom. The number of carbonyl (C=O) groups is 1. The van der Waals surface area contributed by atoms with Crippen molar-refractivity contribution in [2.24, 2.45) is 5.92 Å². The first-order chi connectivity index (χ1) is 10.2. The summed E-state index contributed by atoms with van der Waals surface area (Å²) in [6, 6.07) is 9.84. The van der Waals surface area contributed by atoms with Crippen molar-refractivity contribution in [3.05, 3.63) is 35.9 Å². The van der Waals surface area contributed by atoms with Gasteiger partial charge >= 0.3 is 0 Å². The second kappa shape index (κ2) is 8.44. The summed E-state index contributed by atoms with van der Waals surface area (Å²) < 4.78 is 0. The fraction of sp³-hybridized carbons (Fsp3) is 0.588. The maximum atomic E-state index is 12.1. The number of aliphatic hydroxyl groups is 1. The second-order valence-electron chi connectivity index (χ2n) is 5.63. The third-order valence-corrected chi connectivity index (χ3v) is 5.20. The summed E-state index contributed by atoms with van der Waals surface area (Å²) in [6.45, 7) is 3.69. The lowest BCUT2D eigenvalue weighted by Gasteiger charge is -2.34. The maximum Gasteiger partial charge on any atom is 0.232 e. The molecular formula is C17H25NO2S. The molecule has 1 N–H and O–H groups in total. The first kappa shape index (κ1) is 16.4. The molecule has 1 heterocycles. The minimum atomic E-state index is -0.405. The Morgan fingerprint density at radius 2 is 2.00 bits per heavy atom. The minimum absolute atomic E-state index is 0.251. The van der Waals surface area contributed by atoms with E-state index in [1.807, 2.05) is 35.2 Å². The van der Waals surface area contributed by atoms with Crippen LogP contribution in [-0.2, 0) is 4.79 Å². The second-order valence-corrected chi connectivity index (χ2v) is 6.73. The summed E-state index contributed by atoms with van der Waals surface area (Å²) >= 11 is 1.72. The number of rotatable bonds is 6. The molecule has 1 aliphatic heterocycles. The zero-order valence-electron chi connectivity index (χ0n) is 12.7. The molecule has 1 saturated heterocycles. The summed E-state index contributed by atoms with van der Waals surface area (Å²) in [5, 5.41) is 10.4. The van der Waals surface area contributed by atoms with Crippen molar-refractivity contribution < 1.29 is 9.90 Å². The van der Waals surface area contributed by atoms with E-state index < -0.39 is 6.10 Å². The molecule has 0 aromatic heterocycles. The number of carbonyl (C=O) groups excluding carboxylic acids is 1. The van der Waals surface area contributed by atoms with Crippen LogP contribution in [0.1, 0.15) is 37.9 Å². The van der Waals surface area contributed by atoms with Crippen molar-refractivity contribution in [1.29, 1.82) is 0 Å². The van der Waals surface area contributed by atoms with Crippen LogP contribution < -0.4 is 0 Å². The number of likely N-dealkylation sites (tertiary alicyclic amines) is 1. The molecule has 1 amide bonds. The van der Waals surface area contributed by atoms with E-state index in [2.05, 4.69) is 6.92 Å². The highest BCUT2D eigenvalue weighted by Gasteiger charge is 2.27. The highest BCUT2D eigenvalue weighted by Crippen LogP contribution is 2.30. The van der Waals surface area contributed by atoms with Crippen molar-refractivity contribution in [3.8, 4) is 0 Å². The van der Waals surface area contributed by atoms with E-state index in [0.29, 0.717) is 5.75 Å². The van der Waals surface area contributed by atoms with Crippen LogP contribution in [0.2, 0.25) is 0 Å². The number of hydrogen-bond acceptors (Lipinski definition) is 3. The van der Waals surface area contributed by atoms with Gasteiger partial charge in [-0.2, -0.15) is 11.8 Å². The molecule has 1 aromatic rings. The molecule has 1 aromatic carbocycles. The Labute approximate surface area is 131 Å². The molecule has 3 nitrogen and oxygen atoms in total. The smallest absolute Gasteiger partial charge is 0.232 e. The van der Waals surface area contributed by atoms with Gasteiger partial charge in [-0.3, -0.25) is 4.79 Å². The molecule has 0 aliphatic carbocycles. The number of amides is 1. The molecular weight excluding hydrogens is 282 g/mol. The summed E-state index contributed by atoms with van der Waals surface area (Å²) in [6.07, 6.45) is 2.49. The van der Waals surface area contributed by atoms with Gasteiger partial charge in [0.05, 0.1) is 11.9 Å². The quantitative estimate of drug-likeness (QED) is 0.821. The van der Waals surface area contributed by atoms with Gasteiger partial charge < -0.3 is 10.0 Å². The van der Waals surface area contributed by atoms with Crippen LogP contribution in [0, 0.1) is 5.92 Å². The van der Waals surface area contributed by atoms with Crippen molar-refractivity contribution in [2.45, 2.75) is 32.3 Å². The van der Waals surface area contributed by atoms with Gasteiger partial charge in [-0.15, -0.1) is 0 Å². The van der Waals surface area contributed by atoms with E-state index in [0.717, 1.165) is 43.7 Å². The van der Waals surface area contributed by atoms with Crippen molar-refractivity contribution >= 4 is 17.7 Å². The summed E-state index contributed by atoms with van der Waals surface area (Å²) in [5.41, 5.74) is 0.987. The first-order valence-electron chi connectivity index (χ1n) is 7.81. The summed E-state index contributed by atoms with van der Waals surface area (Å²) in [5.74, 6) is 2.16. The van der Waals surface area contributed by atoms with Crippen LogP contribution in [0.5, 0.6) is 0 Å². The number of thioether (sulfide) groups is 1. The van der Waals surface area contributed by atoms with E-state index in [4.69, 9.17) is 0 Å². The van der Waals surface area contributed by atoms with Crippen LogP contribution in [0.15, 0.2) is 30.3 Å². The van der Waals surface area contributed by atoms with E-state index in [-0.39, 0.29) is 11.8 Å². The molecule has 21 heavy (non-hydrogen) atoms. The Bertz CT molecular complexity index is 430. The van der Waals surface area contributed by atoms with Gasteiger partial charge in [0, 0.05) is 13.1 Å². The summed E-state index contributed by atoms with van der Waals surface area (Å²) in [7, 11) is 0. The molecule has 2 rings (SSSR count). The van der Waals surface area contributed by atoms with E-state index in [9.17, 15) is 9.90 Å². The monoisotopic (exact) mass is 307 g/mol. The number of benzene rings is 1. The molecule has 1 aliphatic rings. The van der Waals surface area contributed by atoms with Crippen molar-refractivity contribution in [3.63, 3.8) is 0 Å². The molecule has 0 saturated carbocycles. The van der Waals surface area contributed by atoms with Gasteiger partial charge in [-0.1, -0.05) is 37.3 Å². The zero-order valence-corrected chi connectivity index (χ0v) is 13.5. The maximum absolute atomic E-state index is 12.1. The molecule has 0 spiro atoms. The lowest BCUT2D eigenvalue weighted by atomic mass is 9.87. The van der Waals surface area contributed by atoms with Gasteiger partial charge in [-0.25, -0.2) is 0 Å². The van der Waals surface area contributed by atoms with Crippen LogP contribution in [0.3, 0.4) is 0 Å². The molecule has 1 unspecified atom stereocenters. The molecule has 4 heteroatoms. The van der Waals surface area contributed by atoms with Crippen LogP contribution in [-0.4, -0.2) is 40.5 Å². The highest BCUT2D eigenvalue weighted by atomic mass is 32.2. The van der Waals surface area contributed by atoms with Crippen molar-refractivity contribution in [2.75, 3.05) is 24.6 Å². The predicted molar refractivity (Wildman–Crippen MR) is 88.3 cm³/mol. The van der Waals surface area contributed by atoms with Gasteiger partial charge in [0.2, 0.25) is 5.91 Å². The Balaban J connectivity index is 1.79. The summed E-state index contributed by atoms with van der Waals surface area (Å²) in [4.78, 5) is 14.0. The number of nitrogens with zero attached hydrogens (tertiary/aromatic N) is 1. The fourth-order valence-electron chi connectivity index (χ4n) is 2.78. The van der Waals surface area contributed by atoms with E-state index in [1.54, 1.807) is 11.8 Å². The standard InChI is InChI=1S/C17H25NO2S/c1-2-12-21-13-16(19)18-10-8-15(9-11-18)17(20)14-6-4-3-5-7-14/h3-7,15,17,20H,2,8-13H2,1H3. The van der Waals surface area contributed by atoms with E-state index in [1.165, 1.54) is 0 Å². The Morgan fingerprint density at radius 1 is 1.33 bits per heavy atom. The molecule has 0 radical (unpaired) electrons. The van der Waals surface area contributed by atoms with Gasteiger partial charge in [0.25, 0.3) is 0 Å². The topological polar surface area (TPSA) is 40.5 Å². The van der Waals surface area contributed by atoms with Gasteiger partial charge in [0.1, 0.15) is 0 Å². The molecule has 0 bridgehead atoms. The first-order valence-corrected chi connectivity index (χ1v) is 8.96. The SMILES string of the molecule is CCCSCC(=O)N1CCC(C(O)c2ccccc2)CC1. The lowest BCUT2D eigenvalue weighted by Crippen LogP contribution is -2.40. The largest absolute Gasteiger partial charge is 0.388 e. The lowest BCUT2D eigenvalue weighted by molar-refractivity contribution is -0.130. The van der Waals surface area contributed by atoms with Gasteiger partial charge in [0.15, 0.2) is 0 Å². The number of hydrogen-bond donors (Lipinski definition) is 1. The third-order valence-electron chi connectivity index (χ3n) is 4.05. The van der Waals surface area contributed by atoms with Crippen molar-refractivity contribution in [1.82, 2.24) is 4.90 Å². The predicted octanol–water partition coefficient (Wildman–Crippen LogP) is 3.10. The molecule has 116 valence electrons. The fourth-order valence-corrected chi connectivity index (χ4v) is 3.57. The Hall–Kier alpha value is -1.00. The average Bonchev–Trinajstić information content (AvgIpc) is 2.55. The third kappa shape index (κ3) is 4.75. The van der Waals surface area contributed by atoms with Crippen LogP contribution in [0.25, 0.3) is 0 Å². The Kier molecular flexibility index (Phi) is 6.58.